The van der Waals surface area contributed by atoms with Gasteiger partial charge in [-0.3, -0.25) is 9.59 Å². The Kier molecular flexibility index (Phi) is 9.82. The van der Waals surface area contributed by atoms with Crippen LogP contribution in [0.15, 0.2) is 0 Å². The SMILES string of the molecule is COC(=O)[C@@H](N)CC(C)C.[N-]=C=O. The van der Waals surface area contributed by atoms with E-state index in [4.69, 9.17) is 15.9 Å². The monoisotopic (exact) mass is 187 g/mol. The number of ether oxygens (including phenoxy) is 1. The summed E-state index contributed by atoms with van der Waals surface area (Å²) in [7, 11) is 1.35. The van der Waals surface area contributed by atoms with Gasteiger partial charge in [0.05, 0.1) is 7.11 Å². The first-order valence-corrected chi connectivity index (χ1v) is 3.84. The van der Waals surface area contributed by atoms with E-state index in [0.29, 0.717) is 18.4 Å². The molecule has 1 atom stereocenters. The van der Waals surface area contributed by atoms with Crippen molar-refractivity contribution >= 4 is 12.0 Å². The van der Waals surface area contributed by atoms with Crippen LogP contribution in [0.5, 0.6) is 0 Å². The van der Waals surface area contributed by atoms with E-state index < -0.39 is 6.04 Å². The average molecular weight is 187 g/mol. The zero-order valence-electron chi connectivity index (χ0n) is 8.11. The van der Waals surface area contributed by atoms with Gasteiger partial charge >= 0.3 is 5.97 Å². The van der Waals surface area contributed by atoms with E-state index in [2.05, 4.69) is 4.74 Å². The molecule has 0 spiro atoms. The molecule has 5 heteroatoms. The molecule has 0 fully saturated rings. The molecule has 0 aliphatic carbocycles. The molecule has 2 N–H and O–H groups in total. The molecule has 0 heterocycles. The fourth-order valence-corrected chi connectivity index (χ4v) is 0.755. The van der Waals surface area contributed by atoms with Crippen molar-refractivity contribution in [2.45, 2.75) is 26.3 Å². The number of isocyanates is 1. The van der Waals surface area contributed by atoms with Crippen molar-refractivity contribution in [3.8, 4) is 0 Å². The Morgan fingerprint density at radius 2 is 2.00 bits per heavy atom. The lowest BCUT2D eigenvalue weighted by Gasteiger charge is -2.10. The molecule has 0 aliphatic rings. The predicted octanol–water partition coefficient (Wildman–Crippen LogP) is 0.424. The van der Waals surface area contributed by atoms with Crippen LogP contribution >= 0.6 is 0 Å². The highest BCUT2D eigenvalue weighted by molar-refractivity contribution is 5.75. The minimum absolute atomic E-state index is 0.325. The molecule has 0 bridgehead atoms. The standard InChI is InChI=1S/C7H15NO2.CNO/c1-5(2)4-6(8)7(9)10-3;2-1-3/h5-6H,4,8H2,1-3H3;/q;-1/t6-;/m0./s1. The number of hydrogen-bond donors (Lipinski definition) is 1. The highest BCUT2D eigenvalue weighted by Gasteiger charge is 2.14. The topological polar surface area (TPSA) is 91.7 Å². The van der Waals surface area contributed by atoms with Crippen LogP contribution in [0, 0.1) is 5.92 Å². The Hall–Kier alpha value is -1.19. The van der Waals surface area contributed by atoms with Crippen LogP contribution in [0.2, 0.25) is 0 Å². The van der Waals surface area contributed by atoms with Crippen molar-refractivity contribution in [2.24, 2.45) is 11.7 Å². The lowest BCUT2D eigenvalue weighted by molar-refractivity contribution is -0.142. The largest absolute Gasteiger partial charge is 0.724 e. The second-order valence-corrected chi connectivity index (χ2v) is 2.85. The highest BCUT2D eigenvalue weighted by atomic mass is 16.5. The van der Waals surface area contributed by atoms with Gasteiger partial charge in [0.25, 0.3) is 0 Å². The van der Waals surface area contributed by atoms with Crippen molar-refractivity contribution < 1.29 is 14.3 Å². The van der Waals surface area contributed by atoms with Crippen LogP contribution in [-0.4, -0.2) is 25.2 Å². The summed E-state index contributed by atoms with van der Waals surface area (Å²) in [5.74, 6) is 0.114. The summed E-state index contributed by atoms with van der Waals surface area (Å²) in [6.45, 7) is 4.03. The molecule has 0 aromatic rings. The third kappa shape index (κ3) is 10.8. The number of nitrogens with two attached hydrogens (primary N) is 1. The molecule has 0 saturated heterocycles. The van der Waals surface area contributed by atoms with E-state index in [-0.39, 0.29) is 5.97 Å². The molecule has 0 saturated carbocycles. The summed E-state index contributed by atoms with van der Waals surface area (Å²) in [5.41, 5.74) is 5.45. The maximum absolute atomic E-state index is 10.7. The van der Waals surface area contributed by atoms with Crippen LogP contribution in [0.4, 0.5) is 0 Å². The molecule has 0 radical (unpaired) electrons. The van der Waals surface area contributed by atoms with E-state index in [9.17, 15) is 4.79 Å². The van der Waals surface area contributed by atoms with Gasteiger partial charge in [-0.1, -0.05) is 13.8 Å². The summed E-state index contributed by atoms with van der Waals surface area (Å²) in [6.07, 6.45) is 1.19. The smallest absolute Gasteiger partial charge is 0.322 e. The van der Waals surface area contributed by atoms with Gasteiger partial charge in [0.1, 0.15) is 6.04 Å². The first-order chi connectivity index (χ1) is 5.99. The third-order valence-corrected chi connectivity index (χ3v) is 1.23. The number of carbonyl (C=O) groups excluding carboxylic acids is 2. The Labute approximate surface area is 77.8 Å². The highest BCUT2D eigenvalue weighted by Crippen LogP contribution is 2.02. The third-order valence-electron chi connectivity index (χ3n) is 1.23. The summed E-state index contributed by atoms with van der Waals surface area (Å²) in [4.78, 5) is 18.9. The molecule has 76 valence electrons. The van der Waals surface area contributed by atoms with E-state index >= 15 is 0 Å². The molecule has 5 nitrogen and oxygen atoms in total. The number of rotatable bonds is 3. The summed E-state index contributed by atoms with van der Waals surface area (Å²) in [5, 5.41) is 6.76. The van der Waals surface area contributed by atoms with E-state index in [1.54, 1.807) is 0 Å². The number of hydrogen-bond acceptors (Lipinski definition) is 4. The second kappa shape index (κ2) is 8.90. The first-order valence-electron chi connectivity index (χ1n) is 3.84. The molecule has 0 aromatic carbocycles. The van der Waals surface area contributed by atoms with Gasteiger partial charge in [0.2, 0.25) is 0 Å². The van der Waals surface area contributed by atoms with Crippen LogP contribution in [0.3, 0.4) is 0 Å². The van der Waals surface area contributed by atoms with Gasteiger partial charge in [0, 0.05) is 0 Å². The number of nitrogens with zero attached hydrogens (tertiary/aromatic N) is 1. The maximum Gasteiger partial charge on any atom is 0.322 e. The molecular weight excluding hydrogens is 172 g/mol. The van der Waals surface area contributed by atoms with Crippen molar-refractivity contribution in [1.82, 2.24) is 0 Å². The summed E-state index contributed by atoms with van der Waals surface area (Å²) in [6, 6.07) is -0.454. The van der Waals surface area contributed by atoms with Gasteiger partial charge in [-0.05, 0) is 18.4 Å². The Bertz CT molecular complexity index is 174. The van der Waals surface area contributed by atoms with E-state index in [0.717, 1.165) is 0 Å². The van der Waals surface area contributed by atoms with Crippen molar-refractivity contribution in [1.29, 1.82) is 0 Å². The number of methoxy groups -OCH3 is 1. The predicted molar refractivity (Wildman–Crippen MR) is 48.5 cm³/mol. The van der Waals surface area contributed by atoms with Crippen molar-refractivity contribution in [3.63, 3.8) is 0 Å². The Balaban J connectivity index is 0. The molecule has 0 amide bonds. The fourth-order valence-electron chi connectivity index (χ4n) is 0.755. The summed E-state index contributed by atoms with van der Waals surface area (Å²) < 4.78 is 4.45. The van der Waals surface area contributed by atoms with Crippen LogP contribution in [0.25, 0.3) is 5.41 Å². The molecular formula is C8H15N2O3-. The Morgan fingerprint density at radius 1 is 1.62 bits per heavy atom. The molecule has 13 heavy (non-hydrogen) atoms. The van der Waals surface area contributed by atoms with Gasteiger partial charge in [0.15, 0.2) is 0 Å². The van der Waals surface area contributed by atoms with Crippen LogP contribution in [0.1, 0.15) is 20.3 Å². The van der Waals surface area contributed by atoms with Gasteiger partial charge in [-0.25, -0.2) is 0 Å². The van der Waals surface area contributed by atoms with Crippen molar-refractivity contribution in [3.05, 3.63) is 5.41 Å². The average Bonchev–Trinajstić information content (AvgIpc) is 2.03. The zero-order valence-corrected chi connectivity index (χ0v) is 8.11. The normalized spacial score (nSPS) is 10.8. The minimum atomic E-state index is -0.454. The lowest BCUT2D eigenvalue weighted by Crippen LogP contribution is -2.32. The second-order valence-electron chi connectivity index (χ2n) is 2.85. The quantitative estimate of drug-likeness (QED) is 0.394. The van der Waals surface area contributed by atoms with Crippen LogP contribution in [-0.2, 0) is 14.3 Å². The zero-order chi connectivity index (χ0) is 10.9. The first kappa shape index (κ1) is 14.3. The van der Waals surface area contributed by atoms with Crippen LogP contribution < -0.4 is 5.73 Å². The molecule has 0 rings (SSSR count). The number of carbonyl (C=O) groups is 1. The van der Waals surface area contributed by atoms with E-state index in [1.807, 2.05) is 13.8 Å². The maximum atomic E-state index is 10.7. The summed E-state index contributed by atoms with van der Waals surface area (Å²) >= 11 is 0. The van der Waals surface area contributed by atoms with E-state index in [1.165, 1.54) is 7.11 Å². The van der Waals surface area contributed by atoms with Gasteiger partial charge in [-0.2, -0.15) is 0 Å². The Morgan fingerprint density at radius 3 is 2.23 bits per heavy atom. The molecule has 0 unspecified atom stereocenters. The minimum Gasteiger partial charge on any atom is -0.724 e. The lowest BCUT2D eigenvalue weighted by atomic mass is 10.1. The fraction of sp³-hybridized carbons (Fsp3) is 0.750. The van der Waals surface area contributed by atoms with Crippen molar-refractivity contribution in [2.75, 3.05) is 7.11 Å². The van der Waals surface area contributed by atoms with Gasteiger partial charge in [-0.15, -0.1) is 0 Å². The van der Waals surface area contributed by atoms with Gasteiger partial charge < -0.3 is 15.9 Å². The molecule has 0 aliphatic heterocycles. The number of esters is 1. The molecule has 0 aromatic heterocycles.